The quantitative estimate of drug-likeness (QED) is 0.699. The molecular weight excluding hydrogens is 176 g/mol. The maximum atomic E-state index is 5.93. The van der Waals surface area contributed by atoms with Gasteiger partial charge in [0, 0.05) is 19.6 Å². The fourth-order valence-electron chi connectivity index (χ4n) is 3.71. The number of hydrogen-bond donors (Lipinski definition) is 1. The van der Waals surface area contributed by atoms with Crippen LogP contribution in [0, 0.1) is 17.3 Å². The molecule has 4 unspecified atom stereocenters. The van der Waals surface area contributed by atoms with E-state index in [-0.39, 0.29) is 0 Å². The third-order valence-corrected chi connectivity index (χ3v) is 4.65. The lowest BCUT2D eigenvalue weighted by atomic mass is 10.1. The number of aromatic nitrogens is 2. The minimum atomic E-state index is 0.650. The van der Waals surface area contributed by atoms with Crippen LogP contribution in [-0.2, 0) is 7.05 Å². The van der Waals surface area contributed by atoms with Gasteiger partial charge in [0.25, 0.3) is 0 Å². The van der Waals surface area contributed by atoms with Gasteiger partial charge in [0.2, 0.25) is 0 Å². The molecule has 0 spiro atoms. The molecule has 74 valence electrons. The number of hydrogen-bond acceptors (Lipinski definition) is 3. The first-order chi connectivity index (χ1) is 6.65. The largest absolute Gasteiger partial charge is 0.394 e. The molecule has 0 amide bonds. The molecule has 4 fully saturated rings. The van der Waals surface area contributed by atoms with Crippen LogP contribution < -0.4 is 10.6 Å². The predicted octanol–water partition coefficient (Wildman–Crippen LogP) is 0.457. The summed E-state index contributed by atoms with van der Waals surface area (Å²) < 4.78 is 1.90. The summed E-state index contributed by atoms with van der Waals surface area (Å²) in [6.07, 6.45) is 1.75. The second kappa shape index (κ2) is 1.66. The Balaban J connectivity index is 1.78. The van der Waals surface area contributed by atoms with Crippen LogP contribution in [0.2, 0.25) is 0 Å². The van der Waals surface area contributed by atoms with E-state index in [2.05, 4.69) is 16.9 Å². The van der Waals surface area contributed by atoms with Crippen molar-refractivity contribution in [3.05, 3.63) is 6.20 Å². The zero-order valence-electron chi connectivity index (χ0n) is 8.44. The summed E-state index contributed by atoms with van der Waals surface area (Å²) in [5.74, 6) is 3.04. The third-order valence-electron chi connectivity index (χ3n) is 4.65. The number of fused-ring (bicyclic) bond motifs is 1. The molecule has 14 heavy (non-hydrogen) atoms. The fraction of sp³-hybridized carbons (Fsp3) is 0.700. The molecule has 1 aromatic rings. The summed E-state index contributed by atoms with van der Waals surface area (Å²) in [6.45, 7) is 3.59. The fourth-order valence-corrected chi connectivity index (χ4v) is 3.71. The van der Waals surface area contributed by atoms with Crippen LogP contribution in [0.3, 0.4) is 0 Å². The first kappa shape index (κ1) is 7.15. The topological polar surface area (TPSA) is 47.1 Å². The number of nitrogens with zero attached hydrogens (tertiary/aromatic N) is 3. The van der Waals surface area contributed by atoms with E-state index in [1.165, 1.54) is 6.54 Å². The van der Waals surface area contributed by atoms with Crippen LogP contribution in [0.25, 0.3) is 0 Å². The Labute approximate surface area is 82.7 Å². The van der Waals surface area contributed by atoms with Gasteiger partial charge in [-0.25, -0.2) is 0 Å². The van der Waals surface area contributed by atoms with E-state index in [9.17, 15) is 0 Å². The number of nitrogens with two attached hydrogens (primary N) is 1. The van der Waals surface area contributed by atoms with Crippen LogP contribution >= 0.6 is 0 Å². The van der Waals surface area contributed by atoms with Crippen LogP contribution in [-0.4, -0.2) is 22.4 Å². The third kappa shape index (κ3) is 0.496. The van der Waals surface area contributed by atoms with Crippen molar-refractivity contribution in [1.29, 1.82) is 0 Å². The van der Waals surface area contributed by atoms with Crippen LogP contribution in [0.4, 0.5) is 11.5 Å². The van der Waals surface area contributed by atoms with E-state index in [4.69, 9.17) is 5.73 Å². The zero-order chi connectivity index (χ0) is 9.66. The molecule has 2 saturated carbocycles. The molecule has 4 atom stereocenters. The summed E-state index contributed by atoms with van der Waals surface area (Å²) in [7, 11) is 1.97. The molecule has 1 aromatic heterocycles. The Bertz CT molecular complexity index is 412. The van der Waals surface area contributed by atoms with Crippen molar-refractivity contribution < 1.29 is 0 Å². The van der Waals surface area contributed by atoms with Gasteiger partial charge in [-0.05, 0) is 17.3 Å². The maximum Gasteiger partial charge on any atom is 0.150 e. The molecule has 5 rings (SSSR count). The van der Waals surface area contributed by atoms with Crippen LogP contribution in [0.15, 0.2) is 6.20 Å². The van der Waals surface area contributed by atoms with Gasteiger partial charge in [0.15, 0.2) is 0 Å². The van der Waals surface area contributed by atoms with Crippen molar-refractivity contribution in [1.82, 2.24) is 9.78 Å². The number of rotatable bonds is 1. The van der Waals surface area contributed by atoms with E-state index < -0.39 is 0 Å². The minimum absolute atomic E-state index is 0.650. The highest BCUT2D eigenvalue weighted by Crippen LogP contribution is 2.85. The molecule has 2 aliphatic carbocycles. The minimum Gasteiger partial charge on any atom is -0.394 e. The van der Waals surface area contributed by atoms with Crippen molar-refractivity contribution in [2.45, 2.75) is 13.0 Å². The Morgan fingerprint density at radius 1 is 1.64 bits per heavy atom. The number of aryl methyl sites for hydroxylation is 1. The van der Waals surface area contributed by atoms with Gasteiger partial charge in [0.1, 0.15) is 5.82 Å². The Morgan fingerprint density at radius 2 is 2.36 bits per heavy atom. The van der Waals surface area contributed by atoms with Gasteiger partial charge in [-0.3, -0.25) is 4.68 Å². The summed E-state index contributed by atoms with van der Waals surface area (Å²) in [5, 5.41) is 4.20. The van der Waals surface area contributed by atoms with Crippen LogP contribution in [0.5, 0.6) is 0 Å². The van der Waals surface area contributed by atoms with Gasteiger partial charge in [0.05, 0.1) is 11.9 Å². The Kier molecular flexibility index (Phi) is 0.849. The van der Waals surface area contributed by atoms with Crippen molar-refractivity contribution in [2.75, 3.05) is 17.2 Å². The van der Waals surface area contributed by atoms with Gasteiger partial charge in [-0.1, -0.05) is 6.92 Å². The lowest BCUT2D eigenvalue weighted by molar-refractivity contribution is 0.600. The molecule has 2 saturated heterocycles. The van der Waals surface area contributed by atoms with E-state index in [1.807, 2.05) is 11.7 Å². The first-order valence-corrected chi connectivity index (χ1v) is 5.20. The molecule has 0 radical (unpaired) electrons. The molecule has 3 heterocycles. The zero-order valence-corrected chi connectivity index (χ0v) is 8.44. The van der Waals surface area contributed by atoms with Gasteiger partial charge < -0.3 is 10.6 Å². The number of anilines is 2. The first-order valence-electron chi connectivity index (χ1n) is 5.20. The highest BCUT2D eigenvalue weighted by Gasteiger charge is 2.89. The molecule has 2 N–H and O–H groups in total. The highest BCUT2D eigenvalue weighted by molar-refractivity contribution is 5.68. The van der Waals surface area contributed by atoms with Crippen molar-refractivity contribution in [3.63, 3.8) is 0 Å². The van der Waals surface area contributed by atoms with Crippen molar-refractivity contribution in [3.8, 4) is 0 Å². The lowest BCUT2D eigenvalue weighted by Gasteiger charge is -2.19. The smallest absolute Gasteiger partial charge is 0.150 e. The summed E-state index contributed by atoms with van der Waals surface area (Å²) in [4.78, 5) is 2.46. The molecule has 2 bridgehead atoms. The van der Waals surface area contributed by atoms with E-state index in [0.717, 1.165) is 29.4 Å². The monoisotopic (exact) mass is 190 g/mol. The molecule has 4 aliphatic rings. The van der Waals surface area contributed by atoms with E-state index in [0.29, 0.717) is 5.41 Å². The average Bonchev–Trinajstić information content (AvgIpc) is 2.72. The van der Waals surface area contributed by atoms with Gasteiger partial charge >= 0.3 is 0 Å². The predicted molar refractivity (Wildman–Crippen MR) is 53.8 cm³/mol. The SMILES string of the molecule is Cn1ncc(N)c1N1CC2C3C1C23C. The second-order valence-electron chi connectivity index (χ2n) is 5.14. The Hall–Kier alpha value is -1.19. The highest BCUT2D eigenvalue weighted by atomic mass is 15.4. The van der Waals surface area contributed by atoms with E-state index in [1.54, 1.807) is 6.20 Å². The average molecular weight is 190 g/mol. The van der Waals surface area contributed by atoms with E-state index >= 15 is 0 Å². The molecular formula is C10H14N4. The second-order valence-corrected chi connectivity index (χ2v) is 5.14. The van der Waals surface area contributed by atoms with Crippen molar-refractivity contribution in [2.24, 2.45) is 24.3 Å². The number of piperidine rings is 1. The van der Waals surface area contributed by atoms with Gasteiger partial charge in [-0.2, -0.15) is 5.10 Å². The summed E-state index contributed by atoms with van der Waals surface area (Å²) >= 11 is 0. The molecule has 0 aromatic carbocycles. The van der Waals surface area contributed by atoms with Crippen LogP contribution in [0.1, 0.15) is 6.92 Å². The van der Waals surface area contributed by atoms with Crippen molar-refractivity contribution >= 4 is 11.5 Å². The standard InChI is InChI=1S/C10H14N4/c1-10-5-4-14(8(10)7(5)10)9-6(11)3-12-13(9)2/h3,5,7-8H,4,11H2,1-2H3. The summed E-state index contributed by atoms with van der Waals surface area (Å²) in [6, 6.07) is 0.769. The Morgan fingerprint density at radius 3 is 2.79 bits per heavy atom. The molecule has 4 heteroatoms. The number of nitrogen functional groups attached to an aromatic ring is 1. The maximum absolute atomic E-state index is 5.93. The summed E-state index contributed by atoms with van der Waals surface area (Å²) in [5.41, 5.74) is 7.40. The normalized spacial score (nSPS) is 46.7. The molecule has 4 nitrogen and oxygen atoms in total. The molecule has 2 aliphatic heterocycles. The van der Waals surface area contributed by atoms with Gasteiger partial charge in [-0.15, -0.1) is 0 Å². The lowest BCUT2D eigenvalue weighted by Crippen LogP contribution is -2.24.